The smallest absolute Gasteiger partial charge is 0.257 e. The third-order valence-corrected chi connectivity index (χ3v) is 3.42. The SMILES string of the molecule is O=C(Nc1ncns1)c1ccc(-c2ccccc2)cc1. The monoisotopic (exact) mass is 281 g/mol. The molecule has 1 N–H and O–H groups in total. The molecule has 1 amide bonds. The predicted molar refractivity (Wildman–Crippen MR) is 79.7 cm³/mol. The molecule has 98 valence electrons. The van der Waals surface area contributed by atoms with Gasteiger partial charge in [0.25, 0.3) is 5.91 Å². The summed E-state index contributed by atoms with van der Waals surface area (Å²) in [6, 6.07) is 17.5. The van der Waals surface area contributed by atoms with Crippen LogP contribution in [-0.2, 0) is 0 Å². The van der Waals surface area contributed by atoms with Crippen molar-refractivity contribution in [3.63, 3.8) is 0 Å². The molecule has 1 heterocycles. The summed E-state index contributed by atoms with van der Waals surface area (Å²) in [6.45, 7) is 0. The van der Waals surface area contributed by atoms with Crippen molar-refractivity contribution in [1.29, 1.82) is 0 Å². The molecule has 0 saturated heterocycles. The fraction of sp³-hybridized carbons (Fsp3) is 0. The first-order chi connectivity index (χ1) is 9.83. The van der Waals surface area contributed by atoms with Gasteiger partial charge >= 0.3 is 0 Å². The molecule has 0 aliphatic rings. The highest BCUT2D eigenvalue weighted by Gasteiger charge is 2.08. The van der Waals surface area contributed by atoms with Crippen molar-refractivity contribution in [2.75, 3.05) is 5.32 Å². The number of hydrogen-bond donors (Lipinski definition) is 1. The van der Waals surface area contributed by atoms with E-state index in [1.165, 1.54) is 6.33 Å². The van der Waals surface area contributed by atoms with Gasteiger partial charge in [-0.25, -0.2) is 4.98 Å². The van der Waals surface area contributed by atoms with Crippen LogP contribution >= 0.6 is 11.5 Å². The van der Waals surface area contributed by atoms with Crippen molar-refractivity contribution in [2.45, 2.75) is 0 Å². The molecule has 0 aliphatic heterocycles. The van der Waals surface area contributed by atoms with Gasteiger partial charge in [-0.1, -0.05) is 42.5 Å². The van der Waals surface area contributed by atoms with Crippen LogP contribution in [0.15, 0.2) is 60.9 Å². The third-order valence-electron chi connectivity index (χ3n) is 2.84. The van der Waals surface area contributed by atoms with Crippen molar-refractivity contribution < 1.29 is 4.79 Å². The third kappa shape index (κ3) is 2.73. The number of carbonyl (C=O) groups is 1. The first kappa shape index (κ1) is 12.5. The van der Waals surface area contributed by atoms with E-state index in [1.54, 1.807) is 12.1 Å². The summed E-state index contributed by atoms with van der Waals surface area (Å²) in [4.78, 5) is 15.9. The summed E-state index contributed by atoms with van der Waals surface area (Å²) < 4.78 is 3.84. The van der Waals surface area contributed by atoms with Crippen molar-refractivity contribution in [3.05, 3.63) is 66.5 Å². The Bertz CT molecular complexity index is 694. The normalized spacial score (nSPS) is 10.2. The second-order valence-electron chi connectivity index (χ2n) is 4.14. The molecule has 1 aromatic heterocycles. The van der Waals surface area contributed by atoms with Gasteiger partial charge in [-0.15, -0.1) is 0 Å². The van der Waals surface area contributed by atoms with Gasteiger partial charge in [0.05, 0.1) is 0 Å². The van der Waals surface area contributed by atoms with Crippen LogP contribution in [-0.4, -0.2) is 15.3 Å². The molecule has 0 atom stereocenters. The molecule has 0 aliphatic carbocycles. The van der Waals surface area contributed by atoms with Crippen LogP contribution in [0, 0.1) is 0 Å². The fourth-order valence-electron chi connectivity index (χ4n) is 1.84. The van der Waals surface area contributed by atoms with Crippen molar-refractivity contribution in [2.24, 2.45) is 0 Å². The molecule has 0 spiro atoms. The molecule has 0 saturated carbocycles. The zero-order chi connectivity index (χ0) is 13.8. The maximum atomic E-state index is 12.0. The van der Waals surface area contributed by atoms with Crippen LogP contribution in [0.4, 0.5) is 5.13 Å². The minimum atomic E-state index is -0.179. The second-order valence-corrected chi connectivity index (χ2v) is 4.92. The van der Waals surface area contributed by atoms with Crippen molar-refractivity contribution >= 4 is 22.6 Å². The number of nitrogens with zero attached hydrogens (tertiary/aromatic N) is 2. The summed E-state index contributed by atoms with van der Waals surface area (Å²) in [6.07, 6.45) is 1.42. The van der Waals surface area contributed by atoms with E-state index in [-0.39, 0.29) is 5.91 Å². The number of aromatic nitrogens is 2. The average Bonchev–Trinajstić information content (AvgIpc) is 3.01. The van der Waals surface area contributed by atoms with Gasteiger partial charge in [-0.05, 0) is 23.3 Å². The number of hydrogen-bond acceptors (Lipinski definition) is 4. The Hall–Kier alpha value is -2.53. The lowest BCUT2D eigenvalue weighted by Gasteiger charge is -2.04. The van der Waals surface area contributed by atoms with Crippen molar-refractivity contribution in [3.8, 4) is 11.1 Å². The minimum absolute atomic E-state index is 0.179. The van der Waals surface area contributed by atoms with E-state index in [0.717, 1.165) is 22.7 Å². The molecule has 5 heteroatoms. The first-order valence-corrected chi connectivity index (χ1v) is 6.84. The maximum Gasteiger partial charge on any atom is 0.257 e. The van der Waals surface area contributed by atoms with Crippen LogP contribution in [0.1, 0.15) is 10.4 Å². The fourth-order valence-corrected chi connectivity index (χ4v) is 2.27. The molecule has 0 fully saturated rings. The highest BCUT2D eigenvalue weighted by Crippen LogP contribution is 2.19. The summed E-state index contributed by atoms with van der Waals surface area (Å²) in [5.41, 5.74) is 2.81. The molecule has 2 aromatic carbocycles. The Kier molecular flexibility index (Phi) is 3.52. The van der Waals surface area contributed by atoms with E-state index in [9.17, 15) is 4.79 Å². The summed E-state index contributed by atoms with van der Waals surface area (Å²) in [7, 11) is 0. The van der Waals surface area contributed by atoms with Gasteiger partial charge in [-0.3, -0.25) is 10.1 Å². The predicted octanol–water partition coefficient (Wildman–Crippen LogP) is 3.46. The van der Waals surface area contributed by atoms with Crippen molar-refractivity contribution in [1.82, 2.24) is 9.36 Å². The number of nitrogens with one attached hydrogen (secondary N) is 1. The van der Waals surface area contributed by atoms with Crippen LogP contribution in [0.25, 0.3) is 11.1 Å². The summed E-state index contributed by atoms with van der Waals surface area (Å²) in [5, 5.41) is 3.21. The molecule has 3 aromatic rings. The van der Waals surface area contributed by atoms with Crippen LogP contribution in [0.3, 0.4) is 0 Å². The highest BCUT2D eigenvalue weighted by atomic mass is 32.1. The molecule has 4 nitrogen and oxygen atoms in total. The zero-order valence-corrected chi connectivity index (χ0v) is 11.3. The molecular formula is C15H11N3OS. The minimum Gasteiger partial charge on any atom is -0.297 e. The molecule has 0 unspecified atom stereocenters. The molecule has 0 bridgehead atoms. The molecule has 20 heavy (non-hydrogen) atoms. The van der Waals surface area contributed by atoms with Gasteiger partial charge in [0.2, 0.25) is 5.13 Å². The van der Waals surface area contributed by atoms with Gasteiger partial charge in [-0.2, -0.15) is 4.37 Å². The molecule has 3 rings (SSSR count). The van der Waals surface area contributed by atoms with Gasteiger partial charge in [0, 0.05) is 17.1 Å². The van der Waals surface area contributed by atoms with E-state index in [4.69, 9.17) is 0 Å². The van der Waals surface area contributed by atoms with Crippen LogP contribution < -0.4 is 5.32 Å². The van der Waals surface area contributed by atoms with E-state index in [0.29, 0.717) is 10.7 Å². The quantitative estimate of drug-likeness (QED) is 0.800. The topological polar surface area (TPSA) is 54.9 Å². The zero-order valence-electron chi connectivity index (χ0n) is 10.5. The first-order valence-electron chi connectivity index (χ1n) is 6.06. The summed E-state index contributed by atoms with van der Waals surface area (Å²) >= 11 is 1.15. The number of anilines is 1. The largest absolute Gasteiger partial charge is 0.297 e. The van der Waals surface area contributed by atoms with E-state index in [2.05, 4.69) is 14.7 Å². The van der Waals surface area contributed by atoms with Gasteiger partial charge < -0.3 is 0 Å². The van der Waals surface area contributed by atoms with Crippen LogP contribution in [0.2, 0.25) is 0 Å². The van der Waals surface area contributed by atoms with Gasteiger partial charge in [0.1, 0.15) is 6.33 Å². The maximum absolute atomic E-state index is 12.0. The standard InChI is InChI=1S/C15H11N3OS/c19-14(18-15-16-10-17-20-15)13-8-6-12(7-9-13)11-4-2-1-3-5-11/h1-10H,(H,16,17,18,19). The van der Waals surface area contributed by atoms with E-state index in [1.807, 2.05) is 42.5 Å². The molecule has 0 radical (unpaired) electrons. The highest BCUT2D eigenvalue weighted by molar-refractivity contribution is 7.09. The average molecular weight is 281 g/mol. The van der Waals surface area contributed by atoms with E-state index < -0.39 is 0 Å². The Labute approximate surface area is 120 Å². The van der Waals surface area contributed by atoms with Crippen LogP contribution in [0.5, 0.6) is 0 Å². The molecular weight excluding hydrogens is 270 g/mol. The second kappa shape index (κ2) is 5.63. The Morgan fingerprint density at radius 1 is 0.950 bits per heavy atom. The number of amides is 1. The number of carbonyl (C=O) groups excluding carboxylic acids is 1. The number of benzene rings is 2. The number of rotatable bonds is 3. The van der Waals surface area contributed by atoms with Gasteiger partial charge in [0.15, 0.2) is 0 Å². The summed E-state index contributed by atoms with van der Waals surface area (Å²) in [5.74, 6) is -0.179. The Morgan fingerprint density at radius 3 is 2.30 bits per heavy atom. The lowest BCUT2D eigenvalue weighted by Crippen LogP contribution is -2.11. The lowest BCUT2D eigenvalue weighted by atomic mass is 10.0. The Balaban J connectivity index is 1.78. The van der Waals surface area contributed by atoms with E-state index >= 15 is 0 Å². The lowest BCUT2D eigenvalue weighted by molar-refractivity contribution is 0.102. The Morgan fingerprint density at radius 2 is 1.65 bits per heavy atom.